The number of hydrogen-bond donors (Lipinski definition) is 1. The molecule has 2 aromatic heterocycles. The second-order valence-corrected chi connectivity index (χ2v) is 7.91. The number of hydrogen-bond acceptors (Lipinski definition) is 6. The first kappa shape index (κ1) is 19.6. The zero-order chi connectivity index (χ0) is 19.2. The van der Waals surface area contributed by atoms with Gasteiger partial charge in [-0.25, -0.2) is 4.98 Å². The van der Waals surface area contributed by atoms with E-state index in [1.54, 1.807) is 14.2 Å². The van der Waals surface area contributed by atoms with Crippen LogP contribution in [0.5, 0.6) is 0 Å². The third kappa shape index (κ3) is 4.77. The summed E-state index contributed by atoms with van der Waals surface area (Å²) in [7, 11) is 3.32. The lowest BCUT2D eigenvalue weighted by Crippen LogP contribution is -2.27. The molecule has 0 atom stereocenters. The number of methoxy groups -OCH3 is 1. The van der Waals surface area contributed by atoms with E-state index in [1.807, 2.05) is 36.4 Å². The van der Waals surface area contributed by atoms with Gasteiger partial charge in [0.1, 0.15) is 4.83 Å². The summed E-state index contributed by atoms with van der Waals surface area (Å²) in [6, 6.07) is 11.8. The van der Waals surface area contributed by atoms with Gasteiger partial charge in [0.2, 0.25) is 5.91 Å². The Hall–Kier alpha value is -2.16. The van der Waals surface area contributed by atoms with Crippen LogP contribution in [-0.4, -0.2) is 41.5 Å². The van der Waals surface area contributed by atoms with Crippen LogP contribution in [0.1, 0.15) is 6.42 Å². The molecular weight excluding hydrogens is 382 g/mol. The molecule has 1 aromatic carbocycles. The normalized spacial score (nSPS) is 11.0. The topological polar surface area (TPSA) is 73.2 Å². The standard InChI is InChI=1S/C19H21N3O3S2/c1-22-18(24)14-11-15(13-7-4-3-5-8-13)27-17(14)21-19(22)26-12-16(23)20-9-6-10-25-2/h3-5,7-8,11H,6,9-10,12H2,1-2H3,(H,20,23). The SMILES string of the molecule is COCCCNC(=O)CSc1nc2sc(-c3ccccc3)cc2c(=O)n1C. The van der Waals surface area contributed by atoms with Crippen LogP contribution in [0.25, 0.3) is 20.7 Å². The molecule has 8 heteroatoms. The first-order valence-electron chi connectivity index (χ1n) is 8.54. The second kappa shape index (κ2) is 9.16. The summed E-state index contributed by atoms with van der Waals surface area (Å²) in [5.74, 6) is 0.136. The van der Waals surface area contributed by atoms with Gasteiger partial charge >= 0.3 is 0 Å². The van der Waals surface area contributed by atoms with Crippen LogP contribution in [0.15, 0.2) is 46.3 Å². The van der Waals surface area contributed by atoms with Crippen LogP contribution < -0.4 is 10.9 Å². The molecule has 0 saturated heterocycles. The van der Waals surface area contributed by atoms with Gasteiger partial charge in [-0.2, -0.15) is 0 Å². The molecule has 0 unspecified atom stereocenters. The van der Waals surface area contributed by atoms with Crippen LogP contribution in [-0.2, 0) is 16.6 Å². The number of aromatic nitrogens is 2. The average molecular weight is 404 g/mol. The fourth-order valence-corrected chi connectivity index (χ4v) is 4.43. The Morgan fingerprint density at radius 3 is 2.85 bits per heavy atom. The molecule has 3 rings (SSSR count). The highest BCUT2D eigenvalue weighted by molar-refractivity contribution is 7.99. The predicted octanol–water partition coefficient (Wildman–Crippen LogP) is 2.91. The Morgan fingerprint density at radius 1 is 1.33 bits per heavy atom. The van der Waals surface area contributed by atoms with Gasteiger partial charge in [0, 0.05) is 32.2 Å². The van der Waals surface area contributed by atoms with Crippen LogP contribution in [0.2, 0.25) is 0 Å². The Kier molecular flexibility index (Phi) is 6.65. The second-order valence-electron chi connectivity index (χ2n) is 5.94. The Balaban J connectivity index is 1.76. The molecule has 2 heterocycles. The summed E-state index contributed by atoms with van der Waals surface area (Å²) in [4.78, 5) is 30.9. The molecule has 1 N–H and O–H groups in total. The van der Waals surface area contributed by atoms with Crippen molar-refractivity contribution in [2.75, 3.05) is 26.0 Å². The monoisotopic (exact) mass is 403 g/mol. The lowest BCUT2D eigenvalue weighted by atomic mass is 10.2. The van der Waals surface area contributed by atoms with Crippen LogP contribution in [0.4, 0.5) is 0 Å². The largest absolute Gasteiger partial charge is 0.385 e. The zero-order valence-electron chi connectivity index (χ0n) is 15.2. The van der Waals surface area contributed by atoms with Crippen molar-refractivity contribution in [1.29, 1.82) is 0 Å². The molecule has 6 nitrogen and oxygen atoms in total. The number of ether oxygens (including phenoxy) is 1. The highest BCUT2D eigenvalue weighted by Crippen LogP contribution is 2.31. The fourth-order valence-electron chi connectivity index (χ4n) is 2.55. The molecule has 3 aromatic rings. The Morgan fingerprint density at radius 2 is 2.11 bits per heavy atom. The summed E-state index contributed by atoms with van der Waals surface area (Å²) >= 11 is 2.76. The van der Waals surface area contributed by atoms with Crippen molar-refractivity contribution in [3.8, 4) is 10.4 Å². The number of carbonyl (C=O) groups is 1. The minimum atomic E-state index is -0.0959. The third-order valence-corrected chi connectivity index (χ3v) is 6.08. The minimum absolute atomic E-state index is 0.0818. The number of rotatable bonds is 8. The van der Waals surface area contributed by atoms with Gasteiger partial charge in [0.25, 0.3) is 5.56 Å². The predicted molar refractivity (Wildman–Crippen MR) is 111 cm³/mol. The number of nitrogens with zero attached hydrogens (tertiary/aromatic N) is 2. The number of carbonyl (C=O) groups excluding carboxylic acids is 1. The van der Waals surface area contributed by atoms with Crippen LogP contribution in [0, 0.1) is 0 Å². The lowest BCUT2D eigenvalue weighted by molar-refractivity contribution is -0.118. The molecule has 0 aliphatic carbocycles. The molecule has 0 aliphatic rings. The van der Waals surface area contributed by atoms with Crippen molar-refractivity contribution in [2.24, 2.45) is 7.05 Å². The van der Waals surface area contributed by atoms with Gasteiger partial charge in [-0.15, -0.1) is 11.3 Å². The van der Waals surface area contributed by atoms with E-state index in [-0.39, 0.29) is 17.2 Å². The molecular formula is C19H21N3O3S2. The van der Waals surface area contributed by atoms with Crippen molar-refractivity contribution in [3.05, 3.63) is 46.8 Å². The van der Waals surface area contributed by atoms with E-state index < -0.39 is 0 Å². The quantitative estimate of drug-likeness (QED) is 0.356. The van der Waals surface area contributed by atoms with Gasteiger partial charge < -0.3 is 10.1 Å². The van der Waals surface area contributed by atoms with E-state index in [4.69, 9.17) is 4.74 Å². The lowest BCUT2D eigenvalue weighted by Gasteiger charge is -2.07. The first-order chi connectivity index (χ1) is 13.1. The maximum absolute atomic E-state index is 12.7. The molecule has 0 bridgehead atoms. The highest BCUT2D eigenvalue weighted by atomic mass is 32.2. The van der Waals surface area contributed by atoms with Gasteiger partial charge in [0.05, 0.1) is 11.1 Å². The van der Waals surface area contributed by atoms with Crippen LogP contribution in [0.3, 0.4) is 0 Å². The summed E-state index contributed by atoms with van der Waals surface area (Å²) in [6.07, 6.45) is 0.771. The number of thioether (sulfide) groups is 1. The van der Waals surface area contributed by atoms with E-state index in [0.717, 1.165) is 16.9 Å². The number of fused-ring (bicyclic) bond motifs is 1. The van der Waals surface area contributed by atoms with Gasteiger partial charge in [-0.05, 0) is 18.1 Å². The zero-order valence-corrected chi connectivity index (χ0v) is 16.9. The van der Waals surface area contributed by atoms with Crippen LogP contribution >= 0.6 is 23.1 Å². The molecule has 142 valence electrons. The fraction of sp³-hybridized carbons (Fsp3) is 0.316. The third-order valence-electron chi connectivity index (χ3n) is 3.97. The van der Waals surface area contributed by atoms with E-state index in [9.17, 15) is 9.59 Å². The Bertz CT molecular complexity index is 983. The van der Waals surface area contributed by atoms with Crippen molar-refractivity contribution < 1.29 is 9.53 Å². The summed E-state index contributed by atoms with van der Waals surface area (Å²) in [6.45, 7) is 1.19. The summed E-state index contributed by atoms with van der Waals surface area (Å²) in [5.41, 5.74) is 0.966. The molecule has 0 aliphatic heterocycles. The Labute approximate surface area is 165 Å². The number of amides is 1. The average Bonchev–Trinajstić information content (AvgIpc) is 3.12. The smallest absolute Gasteiger partial charge is 0.262 e. The maximum atomic E-state index is 12.7. The van der Waals surface area contributed by atoms with Crippen molar-refractivity contribution in [2.45, 2.75) is 11.6 Å². The molecule has 1 amide bonds. The minimum Gasteiger partial charge on any atom is -0.385 e. The summed E-state index contributed by atoms with van der Waals surface area (Å²) < 4.78 is 6.46. The van der Waals surface area contributed by atoms with E-state index in [1.165, 1.54) is 27.7 Å². The van der Waals surface area contributed by atoms with Gasteiger partial charge in [0.15, 0.2) is 5.16 Å². The van der Waals surface area contributed by atoms with Gasteiger partial charge in [-0.3, -0.25) is 14.2 Å². The van der Waals surface area contributed by atoms with E-state index >= 15 is 0 Å². The molecule has 0 fully saturated rings. The van der Waals surface area contributed by atoms with E-state index in [2.05, 4.69) is 10.3 Å². The number of thiophene rings is 1. The highest BCUT2D eigenvalue weighted by Gasteiger charge is 2.14. The van der Waals surface area contributed by atoms with Gasteiger partial charge in [-0.1, -0.05) is 42.1 Å². The maximum Gasteiger partial charge on any atom is 0.262 e. The molecule has 0 saturated carbocycles. The molecule has 27 heavy (non-hydrogen) atoms. The summed E-state index contributed by atoms with van der Waals surface area (Å²) in [5, 5.41) is 3.98. The molecule has 0 spiro atoms. The van der Waals surface area contributed by atoms with Crippen molar-refractivity contribution in [3.63, 3.8) is 0 Å². The van der Waals surface area contributed by atoms with Crippen molar-refractivity contribution in [1.82, 2.24) is 14.9 Å². The number of benzene rings is 1. The number of nitrogens with one attached hydrogen (secondary N) is 1. The van der Waals surface area contributed by atoms with Crippen molar-refractivity contribution >= 4 is 39.2 Å². The first-order valence-corrected chi connectivity index (χ1v) is 10.3. The van der Waals surface area contributed by atoms with E-state index in [0.29, 0.717) is 28.5 Å². The molecule has 0 radical (unpaired) electrons.